The predicted molar refractivity (Wildman–Crippen MR) is 114 cm³/mol. The van der Waals surface area contributed by atoms with E-state index in [1.807, 2.05) is 20.2 Å². The molecule has 1 N–H and O–H groups in total. The summed E-state index contributed by atoms with van der Waals surface area (Å²) >= 11 is 0. The minimum atomic E-state index is 0.658. The topological polar surface area (TPSA) is 44.3 Å². The van der Waals surface area contributed by atoms with Gasteiger partial charge in [-0.05, 0) is 49.2 Å². The molecule has 5 heteroatoms. The number of nitrogens with zero attached hydrogens (tertiary/aromatic N) is 4. The Labute approximate surface area is 161 Å². The number of hydrogen-bond acceptors (Lipinski definition) is 5. The minimum absolute atomic E-state index is 0.658. The Morgan fingerprint density at radius 2 is 1.56 bits per heavy atom. The monoisotopic (exact) mass is 361 g/mol. The Kier molecular flexibility index (Phi) is 5.10. The van der Waals surface area contributed by atoms with Crippen molar-refractivity contribution in [2.45, 2.75) is 25.7 Å². The van der Waals surface area contributed by atoms with Gasteiger partial charge in [-0.3, -0.25) is 0 Å². The van der Waals surface area contributed by atoms with E-state index < -0.39 is 0 Å². The summed E-state index contributed by atoms with van der Waals surface area (Å²) in [4.78, 5) is 14.2. The molecular weight excluding hydrogens is 334 g/mol. The number of hydrogen-bond donors (Lipinski definition) is 1. The van der Waals surface area contributed by atoms with Crippen LogP contribution in [0.15, 0.2) is 48.5 Å². The molecule has 1 aliphatic heterocycles. The molecule has 4 rings (SSSR count). The van der Waals surface area contributed by atoms with Crippen LogP contribution in [0.3, 0.4) is 0 Å². The molecular formula is C22H27N5. The van der Waals surface area contributed by atoms with Gasteiger partial charge < -0.3 is 15.1 Å². The molecule has 140 valence electrons. The van der Waals surface area contributed by atoms with Crippen LogP contribution in [0, 0.1) is 0 Å². The summed E-state index contributed by atoms with van der Waals surface area (Å²) in [6.45, 7) is 2.13. The molecule has 27 heavy (non-hydrogen) atoms. The first kappa shape index (κ1) is 17.6. The fraction of sp³-hybridized carbons (Fsp3) is 0.364. The normalized spacial score (nSPS) is 14.8. The van der Waals surface area contributed by atoms with Crippen LogP contribution in [-0.2, 0) is 0 Å². The fourth-order valence-electron chi connectivity index (χ4n) is 3.61. The van der Waals surface area contributed by atoms with E-state index in [1.54, 1.807) is 0 Å². The average Bonchev–Trinajstić information content (AvgIpc) is 2.97. The molecule has 2 heterocycles. The second-order valence-electron chi connectivity index (χ2n) is 7.36. The summed E-state index contributed by atoms with van der Waals surface area (Å²) in [5.74, 6) is 1.71. The Balaban J connectivity index is 1.68. The molecule has 1 fully saturated rings. The number of anilines is 4. The molecule has 5 nitrogen and oxygen atoms in total. The van der Waals surface area contributed by atoms with E-state index >= 15 is 0 Å². The molecule has 1 saturated heterocycles. The molecule has 2 aromatic carbocycles. The van der Waals surface area contributed by atoms with Gasteiger partial charge in [0.1, 0.15) is 5.82 Å². The number of rotatable bonds is 4. The van der Waals surface area contributed by atoms with E-state index in [-0.39, 0.29) is 0 Å². The van der Waals surface area contributed by atoms with Crippen LogP contribution in [0.2, 0.25) is 0 Å². The van der Waals surface area contributed by atoms with Crippen LogP contribution >= 0.6 is 0 Å². The first-order valence-corrected chi connectivity index (χ1v) is 9.77. The van der Waals surface area contributed by atoms with Crippen molar-refractivity contribution in [2.75, 3.05) is 42.3 Å². The van der Waals surface area contributed by atoms with Crippen molar-refractivity contribution in [3.8, 4) is 0 Å². The van der Waals surface area contributed by atoms with E-state index in [9.17, 15) is 0 Å². The maximum Gasteiger partial charge on any atom is 0.229 e. The van der Waals surface area contributed by atoms with Gasteiger partial charge in [0.25, 0.3) is 0 Å². The Morgan fingerprint density at radius 3 is 2.26 bits per heavy atom. The van der Waals surface area contributed by atoms with Gasteiger partial charge in [-0.15, -0.1) is 0 Å². The smallest absolute Gasteiger partial charge is 0.229 e. The van der Waals surface area contributed by atoms with Crippen molar-refractivity contribution in [2.24, 2.45) is 0 Å². The minimum Gasteiger partial charge on any atom is -0.378 e. The van der Waals surface area contributed by atoms with Gasteiger partial charge in [-0.25, -0.2) is 4.98 Å². The zero-order valence-corrected chi connectivity index (χ0v) is 16.2. The van der Waals surface area contributed by atoms with E-state index in [2.05, 4.69) is 57.6 Å². The van der Waals surface area contributed by atoms with Crippen LogP contribution in [0.1, 0.15) is 25.7 Å². The van der Waals surface area contributed by atoms with E-state index in [0.29, 0.717) is 5.95 Å². The van der Waals surface area contributed by atoms with Gasteiger partial charge in [0.05, 0.1) is 5.52 Å². The lowest BCUT2D eigenvalue weighted by Gasteiger charge is -2.23. The molecule has 0 atom stereocenters. The molecule has 3 aromatic rings. The lowest BCUT2D eigenvalue weighted by molar-refractivity contribution is 0.726. The molecule has 0 aliphatic carbocycles. The largest absolute Gasteiger partial charge is 0.378 e. The highest BCUT2D eigenvalue weighted by Crippen LogP contribution is 2.28. The third-order valence-corrected chi connectivity index (χ3v) is 5.13. The second-order valence-corrected chi connectivity index (χ2v) is 7.36. The van der Waals surface area contributed by atoms with Gasteiger partial charge in [0.15, 0.2) is 0 Å². The summed E-state index contributed by atoms with van der Waals surface area (Å²) in [7, 11) is 4.09. The molecule has 0 spiro atoms. The Morgan fingerprint density at radius 1 is 0.852 bits per heavy atom. The van der Waals surface area contributed by atoms with Crippen LogP contribution < -0.4 is 15.1 Å². The van der Waals surface area contributed by atoms with Crippen LogP contribution in [0.5, 0.6) is 0 Å². The number of nitrogens with one attached hydrogen (secondary N) is 1. The van der Waals surface area contributed by atoms with Crippen molar-refractivity contribution in [1.82, 2.24) is 9.97 Å². The quantitative estimate of drug-likeness (QED) is 0.722. The number of aromatic nitrogens is 2. The molecule has 0 bridgehead atoms. The fourth-order valence-corrected chi connectivity index (χ4v) is 3.61. The van der Waals surface area contributed by atoms with E-state index in [4.69, 9.17) is 9.97 Å². The Hall–Kier alpha value is -2.82. The highest BCUT2D eigenvalue weighted by atomic mass is 15.2. The van der Waals surface area contributed by atoms with Crippen molar-refractivity contribution in [3.63, 3.8) is 0 Å². The summed E-state index contributed by atoms with van der Waals surface area (Å²) in [6.07, 6.45) is 5.08. The van der Waals surface area contributed by atoms with E-state index in [1.165, 1.54) is 31.4 Å². The van der Waals surface area contributed by atoms with Gasteiger partial charge >= 0.3 is 0 Å². The van der Waals surface area contributed by atoms with Gasteiger partial charge in [0, 0.05) is 43.9 Å². The average molecular weight is 361 g/mol. The lowest BCUT2D eigenvalue weighted by Crippen LogP contribution is -2.25. The van der Waals surface area contributed by atoms with E-state index in [0.717, 1.165) is 35.5 Å². The third-order valence-electron chi connectivity index (χ3n) is 5.13. The second kappa shape index (κ2) is 7.82. The van der Waals surface area contributed by atoms with Crippen molar-refractivity contribution in [1.29, 1.82) is 0 Å². The van der Waals surface area contributed by atoms with Crippen LogP contribution in [0.25, 0.3) is 10.9 Å². The van der Waals surface area contributed by atoms with Crippen LogP contribution in [-0.4, -0.2) is 37.2 Å². The highest BCUT2D eigenvalue weighted by molar-refractivity contribution is 5.90. The zero-order chi connectivity index (χ0) is 18.6. The molecule has 1 aromatic heterocycles. The molecule has 0 unspecified atom stereocenters. The first-order valence-electron chi connectivity index (χ1n) is 9.77. The maximum absolute atomic E-state index is 4.91. The van der Waals surface area contributed by atoms with Gasteiger partial charge in [0.2, 0.25) is 5.95 Å². The Bertz CT molecular complexity index is 896. The molecule has 0 radical (unpaired) electrons. The first-order chi connectivity index (χ1) is 13.2. The predicted octanol–water partition coefficient (Wildman–Crippen LogP) is 4.82. The summed E-state index contributed by atoms with van der Waals surface area (Å²) < 4.78 is 0. The third kappa shape index (κ3) is 3.97. The standard InChI is InChI=1S/C22H27N5/c1-26(2)18-13-11-17(12-14-18)23-22-24-20-10-6-5-9-19(20)21(25-22)27-15-7-3-4-8-16-27/h5-6,9-14H,3-4,7-8,15-16H2,1-2H3,(H,23,24,25). The summed E-state index contributed by atoms with van der Waals surface area (Å²) in [5, 5.41) is 4.52. The van der Waals surface area contributed by atoms with Gasteiger partial charge in [-0.2, -0.15) is 4.98 Å². The lowest BCUT2D eigenvalue weighted by atomic mass is 10.2. The maximum atomic E-state index is 4.91. The van der Waals surface area contributed by atoms with Crippen molar-refractivity contribution >= 4 is 34.0 Å². The highest BCUT2D eigenvalue weighted by Gasteiger charge is 2.16. The van der Waals surface area contributed by atoms with Crippen LogP contribution in [0.4, 0.5) is 23.1 Å². The molecule has 0 amide bonds. The summed E-state index contributed by atoms with van der Waals surface area (Å²) in [6, 6.07) is 16.6. The van der Waals surface area contributed by atoms with Crippen molar-refractivity contribution in [3.05, 3.63) is 48.5 Å². The summed E-state index contributed by atoms with van der Waals surface area (Å²) in [5.41, 5.74) is 3.15. The van der Waals surface area contributed by atoms with Crippen molar-refractivity contribution < 1.29 is 0 Å². The molecule has 0 saturated carbocycles. The SMILES string of the molecule is CN(C)c1ccc(Nc2nc(N3CCCCCC3)c3ccccc3n2)cc1. The molecule has 1 aliphatic rings. The number of para-hydroxylation sites is 1. The number of fused-ring (bicyclic) bond motifs is 1. The zero-order valence-electron chi connectivity index (χ0n) is 16.2. The number of benzene rings is 2. The van der Waals surface area contributed by atoms with Gasteiger partial charge in [-0.1, -0.05) is 25.0 Å².